The van der Waals surface area contributed by atoms with Crippen LogP contribution in [0.3, 0.4) is 0 Å². The van der Waals surface area contributed by atoms with Gasteiger partial charge in [0.25, 0.3) is 0 Å². The first-order chi connectivity index (χ1) is 5.51. The first-order valence-corrected chi connectivity index (χ1v) is 5.88. The minimum absolute atomic E-state index is 0.533. The Hall–Kier alpha value is 0.430. The first kappa shape index (κ1) is 10.5. The second-order valence-corrected chi connectivity index (χ2v) is 6.50. The molecule has 0 aromatic carbocycles. The van der Waals surface area contributed by atoms with Gasteiger partial charge in [-0.2, -0.15) is 0 Å². The predicted molar refractivity (Wildman–Crippen MR) is 59.5 cm³/mol. The van der Waals surface area contributed by atoms with Gasteiger partial charge in [0.1, 0.15) is 0 Å². The van der Waals surface area contributed by atoms with E-state index >= 15 is 0 Å². The van der Waals surface area contributed by atoms with E-state index in [1.807, 2.05) is 0 Å². The van der Waals surface area contributed by atoms with E-state index in [2.05, 4.69) is 30.0 Å². The van der Waals surface area contributed by atoms with Crippen molar-refractivity contribution in [2.45, 2.75) is 58.0 Å². The Labute approximate surface area is 79.7 Å². The van der Waals surface area contributed by atoms with Gasteiger partial charge >= 0.3 is 0 Å². The van der Waals surface area contributed by atoms with E-state index in [9.17, 15) is 0 Å². The lowest BCUT2D eigenvalue weighted by molar-refractivity contribution is 0.322. The fraction of sp³-hybridized carbons (Fsp3) is 1.00. The topological polar surface area (TPSA) is 0 Å². The minimum atomic E-state index is 0.533. The Bertz CT molecular complexity index is 138. The monoisotopic (exact) mass is 186 g/mol. The van der Waals surface area contributed by atoms with E-state index in [0.717, 1.165) is 11.8 Å². The molecular formula is C11H23P. The van der Waals surface area contributed by atoms with Crippen LogP contribution in [0.5, 0.6) is 0 Å². The molecule has 1 saturated carbocycles. The van der Waals surface area contributed by atoms with E-state index in [1.165, 1.54) is 32.1 Å². The highest BCUT2D eigenvalue weighted by molar-refractivity contribution is 7.18. The molecule has 0 nitrogen and oxygen atoms in total. The second kappa shape index (κ2) is 4.09. The summed E-state index contributed by atoms with van der Waals surface area (Å²) in [5.41, 5.74) is 0. The molecule has 0 radical (unpaired) electrons. The molecule has 1 rings (SSSR count). The van der Waals surface area contributed by atoms with E-state index in [4.69, 9.17) is 0 Å². The molecule has 0 aliphatic heterocycles. The van der Waals surface area contributed by atoms with Crippen LogP contribution in [0.2, 0.25) is 0 Å². The summed E-state index contributed by atoms with van der Waals surface area (Å²) in [5.74, 6) is 1.85. The molecule has 0 amide bonds. The van der Waals surface area contributed by atoms with Crippen molar-refractivity contribution in [1.82, 2.24) is 0 Å². The smallest absolute Gasteiger partial charge is 0.0176 e. The third-order valence-electron chi connectivity index (χ3n) is 3.24. The largest absolute Gasteiger partial charge is 0.131 e. The SMILES string of the molecule is CC(C)C1CCCCC(C)(P)C1. The summed E-state index contributed by atoms with van der Waals surface area (Å²) in [5, 5.41) is 0.533. The summed E-state index contributed by atoms with van der Waals surface area (Å²) in [6.07, 6.45) is 7.16. The van der Waals surface area contributed by atoms with Crippen LogP contribution in [-0.2, 0) is 0 Å². The molecule has 0 aromatic heterocycles. The van der Waals surface area contributed by atoms with Crippen molar-refractivity contribution < 1.29 is 0 Å². The van der Waals surface area contributed by atoms with Gasteiger partial charge in [-0.05, 0) is 29.8 Å². The third kappa shape index (κ3) is 3.05. The van der Waals surface area contributed by atoms with Crippen LogP contribution in [0.15, 0.2) is 0 Å². The van der Waals surface area contributed by atoms with Gasteiger partial charge in [0.05, 0.1) is 0 Å². The van der Waals surface area contributed by atoms with Gasteiger partial charge in [0.15, 0.2) is 0 Å². The minimum Gasteiger partial charge on any atom is -0.131 e. The summed E-state index contributed by atoms with van der Waals surface area (Å²) >= 11 is 0. The molecule has 3 atom stereocenters. The van der Waals surface area contributed by atoms with Gasteiger partial charge in [-0.15, -0.1) is 9.24 Å². The maximum atomic E-state index is 3.07. The normalized spacial score (nSPS) is 38.2. The Morgan fingerprint density at radius 3 is 2.58 bits per heavy atom. The van der Waals surface area contributed by atoms with Gasteiger partial charge in [-0.1, -0.05) is 40.0 Å². The van der Waals surface area contributed by atoms with Gasteiger partial charge in [0, 0.05) is 0 Å². The van der Waals surface area contributed by atoms with Crippen LogP contribution < -0.4 is 0 Å². The van der Waals surface area contributed by atoms with Crippen LogP contribution in [0, 0.1) is 11.8 Å². The van der Waals surface area contributed by atoms with Crippen LogP contribution in [0.4, 0.5) is 0 Å². The number of rotatable bonds is 1. The van der Waals surface area contributed by atoms with Crippen molar-refractivity contribution in [2.24, 2.45) is 11.8 Å². The van der Waals surface area contributed by atoms with Crippen LogP contribution >= 0.6 is 9.24 Å². The van der Waals surface area contributed by atoms with Crippen molar-refractivity contribution >= 4 is 9.24 Å². The zero-order valence-corrected chi connectivity index (χ0v) is 9.92. The van der Waals surface area contributed by atoms with Crippen LogP contribution in [-0.4, -0.2) is 5.16 Å². The molecular weight excluding hydrogens is 163 g/mol. The molecule has 0 aromatic rings. The summed E-state index contributed by atoms with van der Waals surface area (Å²) in [4.78, 5) is 0. The zero-order valence-electron chi connectivity index (χ0n) is 8.77. The average molecular weight is 186 g/mol. The molecule has 0 saturated heterocycles. The Balaban J connectivity index is 2.54. The zero-order chi connectivity index (χ0) is 9.19. The van der Waals surface area contributed by atoms with Gasteiger partial charge in [0.2, 0.25) is 0 Å². The molecule has 12 heavy (non-hydrogen) atoms. The molecule has 0 N–H and O–H groups in total. The van der Waals surface area contributed by atoms with E-state index in [0.29, 0.717) is 5.16 Å². The molecule has 1 heteroatoms. The molecule has 3 unspecified atom stereocenters. The molecule has 1 aliphatic carbocycles. The van der Waals surface area contributed by atoms with Crippen molar-refractivity contribution in [2.75, 3.05) is 0 Å². The van der Waals surface area contributed by atoms with Gasteiger partial charge < -0.3 is 0 Å². The Morgan fingerprint density at radius 2 is 2.00 bits per heavy atom. The number of hydrogen-bond acceptors (Lipinski definition) is 0. The van der Waals surface area contributed by atoms with Crippen molar-refractivity contribution in [3.05, 3.63) is 0 Å². The lowest BCUT2D eigenvalue weighted by Crippen LogP contribution is -2.20. The maximum absolute atomic E-state index is 3.07. The first-order valence-electron chi connectivity index (χ1n) is 5.30. The van der Waals surface area contributed by atoms with E-state index in [1.54, 1.807) is 0 Å². The lowest BCUT2D eigenvalue weighted by atomic mass is 9.85. The molecule has 72 valence electrons. The maximum Gasteiger partial charge on any atom is -0.0176 e. The van der Waals surface area contributed by atoms with Crippen molar-refractivity contribution in [1.29, 1.82) is 0 Å². The fourth-order valence-corrected chi connectivity index (χ4v) is 2.81. The van der Waals surface area contributed by atoms with E-state index < -0.39 is 0 Å². The highest BCUT2D eigenvalue weighted by Crippen LogP contribution is 2.39. The summed E-state index contributed by atoms with van der Waals surface area (Å²) in [6.45, 7) is 7.14. The molecule has 1 fully saturated rings. The highest BCUT2D eigenvalue weighted by Gasteiger charge is 2.27. The fourth-order valence-electron chi connectivity index (χ4n) is 2.31. The Kier molecular flexibility index (Phi) is 3.58. The van der Waals surface area contributed by atoms with Gasteiger partial charge in [-0.25, -0.2) is 0 Å². The highest BCUT2D eigenvalue weighted by atomic mass is 31.0. The Morgan fingerprint density at radius 1 is 1.33 bits per heavy atom. The molecule has 1 aliphatic rings. The standard InChI is InChI=1S/C11H23P/c1-9(2)10-6-4-5-7-11(3,12)8-10/h9-10H,4-8,12H2,1-3H3. The quantitative estimate of drug-likeness (QED) is 0.431. The molecule has 0 heterocycles. The van der Waals surface area contributed by atoms with Crippen LogP contribution in [0.25, 0.3) is 0 Å². The second-order valence-electron chi connectivity index (χ2n) is 5.11. The summed E-state index contributed by atoms with van der Waals surface area (Å²) in [7, 11) is 3.07. The average Bonchev–Trinajstić information content (AvgIpc) is 2.10. The summed E-state index contributed by atoms with van der Waals surface area (Å²) in [6, 6.07) is 0. The van der Waals surface area contributed by atoms with Crippen molar-refractivity contribution in [3.8, 4) is 0 Å². The van der Waals surface area contributed by atoms with Crippen LogP contribution in [0.1, 0.15) is 52.9 Å². The summed E-state index contributed by atoms with van der Waals surface area (Å²) < 4.78 is 0. The van der Waals surface area contributed by atoms with Gasteiger partial charge in [-0.3, -0.25) is 0 Å². The number of hydrogen-bond donors (Lipinski definition) is 0. The molecule has 0 bridgehead atoms. The van der Waals surface area contributed by atoms with Crippen molar-refractivity contribution in [3.63, 3.8) is 0 Å². The van der Waals surface area contributed by atoms with E-state index in [-0.39, 0.29) is 0 Å². The third-order valence-corrected chi connectivity index (χ3v) is 3.77. The predicted octanol–water partition coefficient (Wildman–Crippen LogP) is 3.86. The lowest BCUT2D eigenvalue weighted by Gasteiger charge is -2.28. The molecule has 0 spiro atoms.